The van der Waals surface area contributed by atoms with Crippen molar-refractivity contribution in [3.05, 3.63) is 81.4 Å². The zero-order valence-corrected chi connectivity index (χ0v) is 18.0. The van der Waals surface area contributed by atoms with Crippen LogP contribution in [0.25, 0.3) is 11.8 Å². The molecule has 0 saturated carbocycles. The number of pyridine rings is 1. The first-order valence-corrected chi connectivity index (χ1v) is 9.99. The molecule has 3 aromatic rings. The van der Waals surface area contributed by atoms with Gasteiger partial charge in [0.05, 0.1) is 27.6 Å². The van der Waals surface area contributed by atoms with Crippen molar-refractivity contribution in [1.29, 1.82) is 0 Å². The third-order valence-corrected chi connectivity index (χ3v) is 5.68. The van der Waals surface area contributed by atoms with Crippen molar-refractivity contribution < 1.29 is 14.4 Å². The quantitative estimate of drug-likeness (QED) is 0.467. The zero-order valence-electron chi connectivity index (χ0n) is 16.5. The van der Waals surface area contributed by atoms with E-state index in [1.54, 1.807) is 12.4 Å². The van der Waals surface area contributed by atoms with E-state index < -0.39 is 17.8 Å². The number of halogens is 2. The average Bonchev–Trinajstić information content (AvgIpc) is 3.01. The minimum absolute atomic E-state index is 0.169. The molecule has 1 aliphatic rings. The fourth-order valence-electron chi connectivity index (χ4n) is 3.49. The Balaban J connectivity index is 1.77. The van der Waals surface area contributed by atoms with Crippen LogP contribution in [0, 0.1) is 13.8 Å². The number of rotatable bonds is 3. The van der Waals surface area contributed by atoms with E-state index in [1.807, 2.05) is 36.6 Å². The van der Waals surface area contributed by atoms with E-state index in [1.165, 1.54) is 24.3 Å². The van der Waals surface area contributed by atoms with Crippen molar-refractivity contribution in [2.45, 2.75) is 13.8 Å². The van der Waals surface area contributed by atoms with Gasteiger partial charge in [-0.2, -0.15) is 0 Å². The lowest BCUT2D eigenvalue weighted by Crippen LogP contribution is -2.54. The molecule has 0 radical (unpaired) electrons. The van der Waals surface area contributed by atoms with E-state index in [2.05, 4.69) is 10.3 Å². The maximum absolute atomic E-state index is 13.1. The van der Waals surface area contributed by atoms with Crippen LogP contribution in [0.4, 0.5) is 10.5 Å². The largest absolute Gasteiger partial charge is 0.335 e. The summed E-state index contributed by atoms with van der Waals surface area (Å²) < 4.78 is 1.96. The molecular formula is C22H16Cl2N4O3. The first-order chi connectivity index (χ1) is 14.8. The van der Waals surface area contributed by atoms with Crippen LogP contribution in [0.1, 0.15) is 17.0 Å². The summed E-state index contributed by atoms with van der Waals surface area (Å²) in [7, 11) is 0. The lowest BCUT2D eigenvalue weighted by molar-refractivity contribution is -0.122. The van der Waals surface area contributed by atoms with Crippen LogP contribution in [-0.4, -0.2) is 27.4 Å². The molecule has 1 fully saturated rings. The third-order valence-electron chi connectivity index (χ3n) is 4.94. The van der Waals surface area contributed by atoms with Gasteiger partial charge in [0.2, 0.25) is 0 Å². The van der Waals surface area contributed by atoms with E-state index in [0.29, 0.717) is 5.56 Å². The molecule has 1 aliphatic heterocycles. The Bertz CT molecular complexity index is 1270. The van der Waals surface area contributed by atoms with Crippen LogP contribution in [0.2, 0.25) is 10.0 Å². The molecule has 3 heterocycles. The maximum atomic E-state index is 13.1. The van der Waals surface area contributed by atoms with Gasteiger partial charge in [0.15, 0.2) is 0 Å². The molecule has 2 aromatic heterocycles. The monoisotopic (exact) mass is 454 g/mol. The molecule has 4 amide bonds. The Morgan fingerprint density at radius 1 is 1.00 bits per heavy atom. The van der Waals surface area contributed by atoms with Crippen molar-refractivity contribution in [3.8, 4) is 5.69 Å². The van der Waals surface area contributed by atoms with Crippen LogP contribution < -0.4 is 10.2 Å². The van der Waals surface area contributed by atoms with Gasteiger partial charge in [-0.25, -0.2) is 9.69 Å². The summed E-state index contributed by atoms with van der Waals surface area (Å²) in [5.74, 6) is -1.52. The molecular weight excluding hydrogens is 439 g/mol. The number of amides is 4. The van der Waals surface area contributed by atoms with Gasteiger partial charge in [-0.15, -0.1) is 0 Å². The van der Waals surface area contributed by atoms with Gasteiger partial charge in [-0.1, -0.05) is 23.2 Å². The number of carbonyl (C=O) groups is 3. The smallest absolute Gasteiger partial charge is 0.316 e. The lowest BCUT2D eigenvalue weighted by atomic mass is 10.1. The summed E-state index contributed by atoms with van der Waals surface area (Å²) >= 11 is 12.0. The summed E-state index contributed by atoms with van der Waals surface area (Å²) in [5.41, 5.74) is 3.28. The number of aromatic nitrogens is 2. The number of nitrogens with one attached hydrogen (secondary N) is 1. The predicted octanol–water partition coefficient (Wildman–Crippen LogP) is 4.46. The Labute approximate surface area is 187 Å². The number of imide groups is 2. The number of urea groups is 1. The second-order valence-electron chi connectivity index (χ2n) is 6.93. The summed E-state index contributed by atoms with van der Waals surface area (Å²) in [6.07, 6.45) is 4.88. The van der Waals surface area contributed by atoms with Crippen LogP contribution in [0.15, 0.2) is 54.4 Å². The molecule has 9 heteroatoms. The third kappa shape index (κ3) is 3.73. The highest BCUT2D eigenvalue weighted by Crippen LogP contribution is 2.30. The van der Waals surface area contributed by atoms with E-state index in [4.69, 9.17) is 23.2 Å². The van der Waals surface area contributed by atoms with Crippen molar-refractivity contribution in [1.82, 2.24) is 14.9 Å². The summed E-state index contributed by atoms with van der Waals surface area (Å²) in [4.78, 5) is 43.0. The van der Waals surface area contributed by atoms with Crippen LogP contribution in [0.3, 0.4) is 0 Å². The minimum Gasteiger partial charge on any atom is -0.316 e. The lowest BCUT2D eigenvalue weighted by Gasteiger charge is -2.26. The van der Waals surface area contributed by atoms with Crippen LogP contribution in [-0.2, 0) is 9.59 Å². The van der Waals surface area contributed by atoms with Crippen molar-refractivity contribution in [2.75, 3.05) is 4.90 Å². The molecule has 1 saturated heterocycles. The standard InChI is InChI=1S/C22H16Cl2N4O3/c1-12-8-14(13(2)27(12)16-4-3-7-25-11-16)9-17-20(29)26-22(31)28(21(17)30)15-5-6-18(23)19(24)10-15/h3-11H,1-2H3,(H,26,29,31)/b17-9-. The molecule has 0 spiro atoms. The van der Waals surface area contributed by atoms with Crippen molar-refractivity contribution in [2.24, 2.45) is 0 Å². The van der Waals surface area contributed by atoms with E-state index >= 15 is 0 Å². The minimum atomic E-state index is -0.855. The van der Waals surface area contributed by atoms with Gasteiger partial charge < -0.3 is 4.57 Å². The molecule has 0 atom stereocenters. The van der Waals surface area contributed by atoms with Gasteiger partial charge in [0, 0.05) is 17.6 Å². The molecule has 0 bridgehead atoms. The maximum Gasteiger partial charge on any atom is 0.335 e. The molecule has 1 N–H and O–H groups in total. The number of hydrogen-bond donors (Lipinski definition) is 1. The molecule has 0 aliphatic carbocycles. The number of barbiturate groups is 1. The molecule has 4 rings (SSSR count). The van der Waals surface area contributed by atoms with Crippen molar-refractivity contribution in [3.63, 3.8) is 0 Å². The van der Waals surface area contributed by atoms with Crippen molar-refractivity contribution >= 4 is 52.8 Å². The number of benzene rings is 1. The topological polar surface area (TPSA) is 84.3 Å². The highest BCUT2D eigenvalue weighted by Gasteiger charge is 2.37. The van der Waals surface area contributed by atoms with E-state index in [9.17, 15) is 14.4 Å². The van der Waals surface area contributed by atoms with Gasteiger partial charge in [-0.05, 0) is 61.9 Å². The molecule has 156 valence electrons. The highest BCUT2D eigenvalue weighted by atomic mass is 35.5. The molecule has 1 aromatic carbocycles. The Morgan fingerprint density at radius 2 is 1.77 bits per heavy atom. The second-order valence-corrected chi connectivity index (χ2v) is 7.74. The second kappa shape index (κ2) is 8.02. The van der Waals surface area contributed by atoms with Crippen LogP contribution in [0.5, 0.6) is 0 Å². The Morgan fingerprint density at radius 3 is 2.45 bits per heavy atom. The molecule has 7 nitrogen and oxygen atoms in total. The van der Waals surface area contributed by atoms with Gasteiger partial charge in [0.1, 0.15) is 5.57 Å². The van der Waals surface area contributed by atoms with E-state index in [0.717, 1.165) is 22.0 Å². The van der Waals surface area contributed by atoms with Gasteiger partial charge >= 0.3 is 6.03 Å². The zero-order chi connectivity index (χ0) is 22.3. The first-order valence-electron chi connectivity index (χ1n) is 9.24. The first kappa shape index (κ1) is 20.8. The normalized spacial score (nSPS) is 15.5. The highest BCUT2D eigenvalue weighted by molar-refractivity contribution is 6.43. The number of aryl methyl sites for hydroxylation is 1. The van der Waals surface area contributed by atoms with Gasteiger partial charge in [-0.3, -0.25) is 19.9 Å². The van der Waals surface area contributed by atoms with Crippen LogP contribution >= 0.6 is 23.2 Å². The molecule has 31 heavy (non-hydrogen) atoms. The number of anilines is 1. The predicted molar refractivity (Wildman–Crippen MR) is 119 cm³/mol. The van der Waals surface area contributed by atoms with E-state index in [-0.39, 0.29) is 21.3 Å². The number of nitrogens with zero attached hydrogens (tertiary/aromatic N) is 3. The SMILES string of the molecule is Cc1cc(/C=C2/C(=O)NC(=O)N(c3ccc(Cl)c(Cl)c3)C2=O)c(C)n1-c1cccnc1. The fourth-order valence-corrected chi connectivity index (χ4v) is 3.78. The van der Waals surface area contributed by atoms with Gasteiger partial charge in [0.25, 0.3) is 11.8 Å². The molecule has 0 unspecified atom stereocenters. The fraction of sp³-hybridized carbons (Fsp3) is 0.0909. The Kier molecular flexibility index (Phi) is 5.39. The average molecular weight is 455 g/mol. The number of carbonyl (C=O) groups excluding carboxylic acids is 3. The summed E-state index contributed by atoms with van der Waals surface area (Å²) in [5, 5.41) is 2.67. The Hall–Kier alpha value is -3.42. The summed E-state index contributed by atoms with van der Waals surface area (Å²) in [6.45, 7) is 3.79. The summed E-state index contributed by atoms with van der Waals surface area (Å²) in [6, 6.07) is 9.08. The number of hydrogen-bond acceptors (Lipinski definition) is 4.